The van der Waals surface area contributed by atoms with Gasteiger partial charge in [0, 0.05) is 31.9 Å². The lowest BCUT2D eigenvalue weighted by Crippen LogP contribution is -2.52. The molecule has 0 atom stereocenters. The van der Waals surface area contributed by atoms with Crippen molar-refractivity contribution in [2.75, 3.05) is 56.1 Å². The smallest absolute Gasteiger partial charge is 0.264 e. The molecule has 0 aromatic heterocycles. The first kappa shape index (κ1) is 24.4. The molecule has 184 valence electrons. The van der Waals surface area contributed by atoms with Gasteiger partial charge in [-0.1, -0.05) is 30.3 Å². The van der Waals surface area contributed by atoms with Crippen molar-refractivity contribution >= 4 is 27.3 Å². The SMILES string of the molecule is COc1ccc(S(=O)(=O)N(CC(=O)N2CCN(c3ccccc3)CC2)c2ccccc2OC)cc1. The summed E-state index contributed by atoms with van der Waals surface area (Å²) in [5.41, 5.74) is 1.42. The first-order valence-corrected chi connectivity index (χ1v) is 12.8. The average Bonchev–Trinajstić information content (AvgIpc) is 2.92. The van der Waals surface area contributed by atoms with Gasteiger partial charge in [0.1, 0.15) is 18.0 Å². The molecule has 1 fully saturated rings. The van der Waals surface area contributed by atoms with Crippen LogP contribution in [0.25, 0.3) is 0 Å². The average molecular weight is 496 g/mol. The molecule has 1 amide bonds. The van der Waals surface area contributed by atoms with Gasteiger partial charge in [0.15, 0.2) is 0 Å². The monoisotopic (exact) mass is 495 g/mol. The molecule has 1 aliphatic rings. The van der Waals surface area contributed by atoms with E-state index in [1.165, 1.54) is 26.4 Å². The lowest BCUT2D eigenvalue weighted by Gasteiger charge is -2.37. The highest BCUT2D eigenvalue weighted by Crippen LogP contribution is 2.32. The number of ether oxygens (including phenoxy) is 2. The number of nitrogens with zero attached hydrogens (tertiary/aromatic N) is 3. The molecule has 4 rings (SSSR count). The summed E-state index contributed by atoms with van der Waals surface area (Å²) in [6.07, 6.45) is 0. The molecule has 0 bridgehead atoms. The minimum absolute atomic E-state index is 0.0610. The number of hydrogen-bond donors (Lipinski definition) is 0. The Bertz CT molecular complexity index is 1240. The molecule has 0 saturated carbocycles. The zero-order chi connectivity index (χ0) is 24.8. The molecule has 0 aliphatic carbocycles. The molecule has 0 spiro atoms. The highest BCUT2D eigenvalue weighted by atomic mass is 32.2. The molecular formula is C26H29N3O5S. The van der Waals surface area contributed by atoms with Crippen LogP contribution in [0.4, 0.5) is 11.4 Å². The summed E-state index contributed by atoms with van der Waals surface area (Å²) in [7, 11) is -1.07. The molecule has 0 radical (unpaired) electrons. The molecule has 35 heavy (non-hydrogen) atoms. The van der Waals surface area contributed by atoms with E-state index in [2.05, 4.69) is 4.90 Å². The van der Waals surface area contributed by atoms with Crippen LogP contribution >= 0.6 is 0 Å². The number of sulfonamides is 1. The van der Waals surface area contributed by atoms with Crippen molar-refractivity contribution in [1.29, 1.82) is 0 Å². The Kier molecular flexibility index (Phi) is 7.45. The third-order valence-electron chi connectivity index (χ3n) is 6.03. The van der Waals surface area contributed by atoms with Gasteiger partial charge in [-0.2, -0.15) is 0 Å². The Morgan fingerprint density at radius 3 is 2.09 bits per heavy atom. The molecule has 0 unspecified atom stereocenters. The summed E-state index contributed by atoms with van der Waals surface area (Å²) in [5, 5.41) is 0. The normalized spacial score (nSPS) is 13.9. The zero-order valence-electron chi connectivity index (χ0n) is 19.8. The summed E-state index contributed by atoms with van der Waals surface area (Å²) < 4.78 is 39.1. The van der Waals surface area contributed by atoms with Crippen LogP contribution in [0.3, 0.4) is 0 Å². The maximum absolute atomic E-state index is 13.7. The van der Waals surface area contributed by atoms with Crippen LogP contribution in [0.5, 0.6) is 11.5 Å². The largest absolute Gasteiger partial charge is 0.497 e. The topological polar surface area (TPSA) is 79.4 Å². The van der Waals surface area contributed by atoms with Gasteiger partial charge in [-0.3, -0.25) is 9.10 Å². The highest BCUT2D eigenvalue weighted by Gasteiger charge is 2.32. The molecule has 3 aromatic carbocycles. The maximum Gasteiger partial charge on any atom is 0.264 e. The maximum atomic E-state index is 13.7. The summed E-state index contributed by atoms with van der Waals surface area (Å²) in [4.78, 5) is 17.3. The number of amides is 1. The number of para-hydroxylation sites is 3. The number of anilines is 2. The van der Waals surface area contributed by atoms with Gasteiger partial charge < -0.3 is 19.3 Å². The summed E-state index contributed by atoms with van der Waals surface area (Å²) in [6.45, 7) is 2.04. The molecule has 1 heterocycles. The Hall–Kier alpha value is -3.72. The second-order valence-electron chi connectivity index (χ2n) is 8.06. The fourth-order valence-electron chi connectivity index (χ4n) is 4.09. The van der Waals surface area contributed by atoms with Crippen LogP contribution in [-0.4, -0.2) is 66.2 Å². The number of carbonyl (C=O) groups excluding carboxylic acids is 1. The Morgan fingerprint density at radius 2 is 1.46 bits per heavy atom. The van der Waals surface area contributed by atoms with Crippen LogP contribution in [0.1, 0.15) is 0 Å². The number of piperazine rings is 1. The van der Waals surface area contributed by atoms with E-state index in [1.807, 2.05) is 30.3 Å². The summed E-state index contributed by atoms with van der Waals surface area (Å²) in [6, 6.07) is 22.9. The van der Waals surface area contributed by atoms with Gasteiger partial charge in [-0.05, 0) is 48.5 Å². The van der Waals surface area contributed by atoms with Crippen molar-refractivity contribution < 1.29 is 22.7 Å². The minimum Gasteiger partial charge on any atom is -0.497 e. The third-order valence-corrected chi connectivity index (χ3v) is 7.81. The Labute approximate surface area is 206 Å². The Balaban J connectivity index is 1.58. The first-order valence-electron chi connectivity index (χ1n) is 11.3. The van der Waals surface area contributed by atoms with E-state index in [0.717, 1.165) is 9.99 Å². The number of rotatable bonds is 8. The zero-order valence-corrected chi connectivity index (χ0v) is 20.6. The standard InChI is InChI=1S/C26H29N3O5S/c1-33-22-12-14-23(15-13-22)35(31,32)29(24-10-6-7-11-25(24)34-2)20-26(30)28-18-16-27(17-19-28)21-8-4-3-5-9-21/h3-15H,16-20H2,1-2H3. The molecule has 1 aliphatic heterocycles. The second kappa shape index (κ2) is 10.7. The molecule has 9 heteroatoms. The highest BCUT2D eigenvalue weighted by molar-refractivity contribution is 7.92. The van der Waals surface area contributed by atoms with Gasteiger partial charge in [-0.15, -0.1) is 0 Å². The quantitative estimate of drug-likeness (QED) is 0.477. The van der Waals surface area contributed by atoms with Crippen molar-refractivity contribution in [3.05, 3.63) is 78.9 Å². The van der Waals surface area contributed by atoms with Crippen molar-refractivity contribution in [2.24, 2.45) is 0 Å². The van der Waals surface area contributed by atoms with E-state index in [1.54, 1.807) is 41.3 Å². The van der Waals surface area contributed by atoms with Gasteiger partial charge in [0.25, 0.3) is 10.0 Å². The van der Waals surface area contributed by atoms with E-state index in [4.69, 9.17) is 9.47 Å². The Morgan fingerprint density at radius 1 is 0.829 bits per heavy atom. The van der Waals surface area contributed by atoms with Crippen LogP contribution in [0.15, 0.2) is 83.8 Å². The number of hydrogen-bond acceptors (Lipinski definition) is 6. The fraction of sp³-hybridized carbons (Fsp3) is 0.269. The number of carbonyl (C=O) groups is 1. The van der Waals surface area contributed by atoms with Gasteiger partial charge in [0.2, 0.25) is 5.91 Å². The van der Waals surface area contributed by atoms with E-state index in [0.29, 0.717) is 43.4 Å². The number of methoxy groups -OCH3 is 2. The van der Waals surface area contributed by atoms with Gasteiger partial charge in [-0.25, -0.2) is 8.42 Å². The number of benzene rings is 3. The van der Waals surface area contributed by atoms with Crippen LogP contribution in [0, 0.1) is 0 Å². The molecular weight excluding hydrogens is 466 g/mol. The van der Waals surface area contributed by atoms with E-state index in [-0.39, 0.29) is 17.3 Å². The molecule has 3 aromatic rings. The molecule has 8 nitrogen and oxygen atoms in total. The van der Waals surface area contributed by atoms with Crippen molar-refractivity contribution in [2.45, 2.75) is 4.90 Å². The minimum atomic E-state index is -4.06. The lowest BCUT2D eigenvalue weighted by molar-refractivity contribution is -0.129. The predicted molar refractivity (Wildman–Crippen MR) is 136 cm³/mol. The third kappa shape index (κ3) is 5.35. The van der Waals surface area contributed by atoms with Gasteiger partial charge in [0.05, 0.1) is 24.8 Å². The molecule has 1 saturated heterocycles. The van der Waals surface area contributed by atoms with E-state index < -0.39 is 10.0 Å². The van der Waals surface area contributed by atoms with Crippen molar-refractivity contribution in [3.63, 3.8) is 0 Å². The van der Waals surface area contributed by atoms with Gasteiger partial charge >= 0.3 is 0 Å². The first-order chi connectivity index (χ1) is 16.9. The second-order valence-corrected chi connectivity index (χ2v) is 9.92. The lowest BCUT2D eigenvalue weighted by atomic mass is 10.2. The van der Waals surface area contributed by atoms with E-state index >= 15 is 0 Å². The summed E-state index contributed by atoms with van der Waals surface area (Å²) in [5.74, 6) is 0.646. The van der Waals surface area contributed by atoms with Crippen molar-refractivity contribution in [1.82, 2.24) is 4.90 Å². The van der Waals surface area contributed by atoms with Crippen LogP contribution < -0.4 is 18.7 Å². The van der Waals surface area contributed by atoms with E-state index in [9.17, 15) is 13.2 Å². The summed E-state index contributed by atoms with van der Waals surface area (Å²) >= 11 is 0. The fourth-order valence-corrected chi connectivity index (χ4v) is 5.51. The molecule has 0 N–H and O–H groups in total. The van der Waals surface area contributed by atoms with Crippen molar-refractivity contribution in [3.8, 4) is 11.5 Å². The van der Waals surface area contributed by atoms with Crippen LogP contribution in [-0.2, 0) is 14.8 Å². The van der Waals surface area contributed by atoms with Crippen LogP contribution in [0.2, 0.25) is 0 Å². The predicted octanol–water partition coefficient (Wildman–Crippen LogP) is 3.25.